The molecule has 0 saturated carbocycles. The third kappa shape index (κ3) is 4.57. The number of benzene rings is 1. The molecule has 4 rings (SSSR count). The number of dihydropyridines is 1. The third-order valence-electron chi connectivity index (χ3n) is 4.66. The Bertz CT molecular complexity index is 1030. The number of ether oxygens (including phenoxy) is 1. The van der Waals surface area contributed by atoms with E-state index in [1.807, 2.05) is 48.7 Å². The lowest BCUT2D eigenvalue weighted by molar-refractivity contribution is 0.0874. The Morgan fingerprint density at radius 1 is 1.10 bits per heavy atom. The summed E-state index contributed by atoms with van der Waals surface area (Å²) in [5.74, 6) is 0.558. The summed E-state index contributed by atoms with van der Waals surface area (Å²) >= 11 is 12.6. The van der Waals surface area contributed by atoms with Gasteiger partial charge in [-0.15, -0.1) is 0 Å². The zero-order chi connectivity index (χ0) is 20.8. The largest absolute Gasteiger partial charge is 0.366 e. The van der Waals surface area contributed by atoms with Crippen molar-refractivity contribution in [2.75, 3.05) is 13.3 Å². The van der Waals surface area contributed by atoms with E-state index in [1.165, 1.54) is 0 Å². The standard InChI is InChI=1S/C22H20Cl2N4O2/c23-17-7-5-8-18(24)21(17)19-14-20(30-28-19)22(10-2-4-12-26-22)27-15-29-13-9-16-6-1-3-11-25-16/h1-8,10-12,14,26-27H,9,13,15H2. The van der Waals surface area contributed by atoms with Crippen LogP contribution in [0.5, 0.6) is 0 Å². The lowest BCUT2D eigenvalue weighted by atomic mass is 10.0. The fraction of sp³-hybridized carbons (Fsp3) is 0.182. The van der Waals surface area contributed by atoms with Crippen molar-refractivity contribution >= 4 is 23.2 Å². The van der Waals surface area contributed by atoms with Crippen LogP contribution >= 0.6 is 23.2 Å². The zero-order valence-corrected chi connectivity index (χ0v) is 17.5. The predicted octanol–water partition coefficient (Wildman–Crippen LogP) is 4.68. The van der Waals surface area contributed by atoms with E-state index < -0.39 is 5.66 Å². The van der Waals surface area contributed by atoms with Crippen LogP contribution in [0.2, 0.25) is 10.0 Å². The van der Waals surface area contributed by atoms with E-state index >= 15 is 0 Å². The second kappa shape index (κ2) is 9.45. The highest BCUT2D eigenvalue weighted by atomic mass is 35.5. The zero-order valence-electron chi connectivity index (χ0n) is 16.0. The average Bonchev–Trinajstić information content (AvgIpc) is 3.25. The maximum Gasteiger partial charge on any atom is 0.181 e. The van der Waals surface area contributed by atoms with Gasteiger partial charge in [0, 0.05) is 29.9 Å². The van der Waals surface area contributed by atoms with E-state index in [0.717, 1.165) is 12.1 Å². The molecule has 0 aliphatic carbocycles. The summed E-state index contributed by atoms with van der Waals surface area (Å²) in [4.78, 5) is 4.30. The lowest BCUT2D eigenvalue weighted by Crippen LogP contribution is -2.51. The minimum Gasteiger partial charge on any atom is -0.366 e. The number of nitrogens with one attached hydrogen (secondary N) is 2. The van der Waals surface area contributed by atoms with Crippen LogP contribution in [0.3, 0.4) is 0 Å². The summed E-state index contributed by atoms with van der Waals surface area (Å²) in [5.41, 5.74) is 1.37. The summed E-state index contributed by atoms with van der Waals surface area (Å²) < 4.78 is 11.4. The van der Waals surface area contributed by atoms with Crippen molar-refractivity contribution in [3.63, 3.8) is 0 Å². The number of hydrogen-bond acceptors (Lipinski definition) is 6. The quantitative estimate of drug-likeness (QED) is 0.389. The Balaban J connectivity index is 1.46. The first-order valence-corrected chi connectivity index (χ1v) is 10.2. The third-order valence-corrected chi connectivity index (χ3v) is 5.29. The highest BCUT2D eigenvalue weighted by Gasteiger charge is 2.34. The van der Waals surface area contributed by atoms with Gasteiger partial charge in [0.05, 0.1) is 23.4 Å². The van der Waals surface area contributed by atoms with Crippen LogP contribution < -0.4 is 10.6 Å². The number of allylic oxidation sites excluding steroid dienone is 2. The highest BCUT2D eigenvalue weighted by molar-refractivity contribution is 6.39. The molecule has 0 radical (unpaired) electrons. The normalized spacial score (nSPS) is 17.8. The summed E-state index contributed by atoms with van der Waals surface area (Å²) in [6, 6.07) is 13.0. The number of hydrogen-bond donors (Lipinski definition) is 2. The van der Waals surface area contributed by atoms with E-state index in [4.69, 9.17) is 32.5 Å². The van der Waals surface area contributed by atoms with Crippen molar-refractivity contribution < 1.29 is 9.26 Å². The van der Waals surface area contributed by atoms with Crippen molar-refractivity contribution in [1.82, 2.24) is 20.8 Å². The molecule has 0 saturated heterocycles. The van der Waals surface area contributed by atoms with Gasteiger partial charge in [-0.05, 0) is 42.6 Å². The van der Waals surface area contributed by atoms with Crippen LogP contribution in [0, 0.1) is 0 Å². The first-order chi connectivity index (χ1) is 14.7. The predicted molar refractivity (Wildman–Crippen MR) is 117 cm³/mol. The minimum absolute atomic E-state index is 0.293. The van der Waals surface area contributed by atoms with Crippen LogP contribution in [-0.2, 0) is 16.8 Å². The van der Waals surface area contributed by atoms with Crippen molar-refractivity contribution in [2.45, 2.75) is 12.1 Å². The molecule has 0 spiro atoms. The van der Waals surface area contributed by atoms with Crippen LogP contribution in [-0.4, -0.2) is 23.5 Å². The van der Waals surface area contributed by atoms with Crippen molar-refractivity contribution in [1.29, 1.82) is 0 Å². The molecule has 0 fully saturated rings. The van der Waals surface area contributed by atoms with E-state index in [0.29, 0.717) is 40.4 Å². The van der Waals surface area contributed by atoms with Gasteiger partial charge in [0.2, 0.25) is 0 Å². The number of pyridine rings is 1. The topological polar surface area (TPSA) is 72.2 Å². The molecule has 1 aromatic carbocycles. The molecule has 6 nitrogen and oxygen atoms in total. The van der Waals surface area contributed by atoms with Gasteiger partial charge >= 0.3 is 0 Å². The van der Waals surface area contributed by atoms with Crippen LogP contribution in [0.25, 0.3) is 11.3 Å². The molecule has 2 aromatic heterocycles. The summed E-state index contributed by atoms with van der Waals surface area (Å²) in [7, 11) is 0. The fourth-order valence-corrected chi connectivity index (χ4v) is 3.71. The second-order valence-corrected chi connectivity index (χ2v) is 7.46. The van der Waals surface area contributed by atoms with Gasteiger partial charge in [0.1, 0.15) is 5.69 Å². The molecule has 0 amide bonds. The maximum atomic E-state index is 6.32. The van der Waals surface area contributed by atoms with Gasteiger partial charge in [-0.2, -0.15) is 0 Å². The maximum absolute atomic E-state index is 6.32. The Morgan fingerprint density at radius 2 is 1.97 bits per heavy atom. The van der Waals surface area contributed by atoms with Gasteiger partial charge < -0.3 is 14.6 Å². The van der Waals surface area contributed by atoms with Gasteiger partial charge in [0.25, 0.3) is 0 Å². The highest BCUT2D eigenvalue weighted by Crippen LogP contribution is 2.35. The fourth-order valence-electron chi connectivity index (χ4n) is 3.11. The molecular weight excluding hydrogens is 423 g/mol. The molecule has 3 aromatic rings. The summed E-state index contributed by atoms with van der Waals surface area (Å²) in [5, 5.41) is 11.8. The molecule has 2 N–H and O–H groups in total. The molecule has 1 atom stereocenters. The van der Waals surface area contributed by atoms with Crippen LogP contribution in [0.1, 0.15) is 11.5 Å². The summed E-state index contributed by atoms with van der Waals surface area (Å²) in [6.07, 6.45) is 10.1. The Kier molecular flexibility index (Phi) is 6.50. The van der Waals surface area contributed by atoms with Crippen molar-refractivity contribution in [3.8, 4) is 11.3 Å². The second-order valence-electron chi connectivity index (χ2n) is 6.64. The smallest absolute Gasteiger partial charge is 0.181 e. The molecule has 154 valence electrons. The first kappa shape index (κ1) is 20.6. The Hall–Kier alpha value is -2.64. The number of halogens is 2. The molecule has 3 heterocycles. The minimum atomic E-state index is -0.807. The van der Waals surface area contributed by atoms with Crippen LogP contribution in [0.15, 0.2) is 77.6 Å². The summed E-state index contributed by atoms with van der Waals surface area (Å²) in [6.45, 7) is 0.831. The van der Waals surface area contributed by atoms with Gasteiger partial charge in [-0.25, -0.2) is 0 Å². The molecule has 30 heavy (non-hydrogen) atoms. The monoisotopic (exact) mass is 442 g/mol. The van der Waals surface area contributed by atoms with Gasteiger partial charge in [0.15, 0.2) is 11.4 Å². The molecule has 0 bridgehead atoms. The number of nitrogens with zero attached hydrogens (tertiary/aromatic N) is 2. The number of aromatic nitrogens is 2. The van der Waals surface area contributed by atoms with Gasteiger partial charge in [-0.3, -0.25) is 10.3 Å². The molecule has 1 aliphatic heterocycles. The molecule has 1 unspecified atom stereocenters. The van der Waals surface area contributed by atoms with E-state index in [-0.39, 0.29) is 0 Å². The molecule has 8 heteroatoms. The lowest BCUT2D eigenvalue weighted by Gasteiger charge is -2.31. The molecule has 1 aliphatic rings. The molecular formula is C22H20Cl2N4O2. The average molecular weight is 443 g/mol. The van der Waals surface area contributed by atoms with E-state index in [1.54, 1.807) is 24.4 Å². The van der Waals surface area contributed by atoms with E-state index in [9.17, 15) is 0 Å². The van der Waals surface area contributed by atoms with Crippen LogP contribution in [0.4, 0.5) is 0 Å². The van der Waals surface area contributed by atoms with E-state index in [2.05, 4.69) is 20.8 Å². The number of rotatable bonds is 8. The van der Waals surface area contributed by atoms with Gasteiger partial charge in [-0.1, -0.05) is 46.6 Å². The Labute approximate surface area is 184 Å². The first-order valence-electron chi connectivity index (χ1n) is 9.44. The SMILES string of the molecule is Clc1cccc(Cl)c1-c1cc(C2(NCOCCc3ccccn3)C=CC=CN2)on1. The Morgan fingerprint density at radius 3 is 2.70 bits per heavy atom. The van der Waals surface area contributed by atoms with Crippen molar-refractivity contribution in [3.05, 3.63) is 94.6 Å². The van der Waals surface area contributed by atoms with Crippen molar-refractivity contribution in [2.24, 2.45) is 0 Å².